The maximum Gasteiger partial charge on any atom is 0.172 e. The fraction of sp³-hybridized carbons (Fsp3) is 0.308. The van der Waals surface area contributed by atoms with Crippen molar-refractivity contribution >= 4 is 17.3 Å². The highest BCUT2D eigenvalue weighted by Crippen LogP contribution is 2.28. The minimum absolute atomic E-state index is 0.193. The first kappa shape index (κ1) is 10.3. The highest BCUT2D eigenvalue weighted by molar-refractivity contribution is 5.73. The summed E-state index contributed by atoms with van der Waals surface area (Å²) in [5.41, 5.74) is 1.94. The molecule has 3 heterocycles. The molecule has 2 aromatic heterocycles. The fourth-order valence-electron chi connectivity index (χ4n) is 2.40. The van der Waals surface area contributed by atoms with Gasteiger partial charge < -0.3 is 4.90 Å². The lowest BCUT2D eigenvalue weighted by Gasteiger charge is -2.18. The molecule has 3 rings (SSSR count). The third-order valence-electron chi connectivity index (χ3n) is 3.30. The number of hydrogen-bond donors (Lipinski definition) is 0. The van der Waals surface area contributed by atoms with Crippen LogP contribution in [0.2, 0.25) is 0 Å². The van der Waals surface area contributed by atoms with Crippen LogP contribution < -0.4 is 4.90 Å². The van der Waals surface area contributed by atoms with E-state index in [9.17, 15) is 4.39 Å². The summed E-state index contributed by atoms with van der Waals surface area (Å²) < 4.78 is 16.0. The van der Waals surface area contributed by atoms with Crippen LogP contribution in [0.4, 0.5) is 10.1 Å². The van der Waals surface area contributed by atoms with Crippen molar-refractivity contribution in [2.75, 3.05) is 18.0 Å². The van der Waals surface area contributed by atoms with Gasteiger partial charge >= 0.3 is 0 Å². The normalized spacial score (nSPS) is 15.7. The Morgan fingerprint density at radius 3 is 2.82 bits per heavy atom. The second-order valence-electron chi connectivity index (χ2n) is 4.31. The minimum Gasteiger partial charge on any atom is -0.369 e. The summed E-state index contributed by atoms with van der Waals surface area (Å²) in [5, 5.41) is 4.10. The summed E-state index contributed by atoms with van der Waals surface area (Å²) in [6.45, 7) is 5.56. The van der Waals surface area contributed by atoms with Gasteiger partial charge in [0.2, 0.25) is 0 Å². The van der Waals surface area contributed by atoms with Crippen LogP contribution in [0.15, 0.2) is 25.0 Å². The predicted molar refractivity (Wildman–Crippen MR) is 66.7 cm³/mol. The van der Waals surface area contributed by atoms with Gasteiger partial charge in [-0.1, -0.05) is 12.7 Å². The van der Waals surface area contributed by atoms with E-state index in [4.69, 9.17) is 0 Å². The van der Waals surface area contributed by atoms with Crippen molar-refractivity contribution in [3.8, 4) is 0 Å². The number of anilines is 1. The van der Waals surface area contributed by atoms with Gasteiger partial charge in [-0.05, 0) is 18.9 Å². The van der Waals surface area contributed by atoms with E-state index in [1.54, 1.807) is 29.1 Å². The van der Waals surface area contributed by atoms with Crippen molar-refractivity contribution in [3.63, 3.8) is 0 Å². The SMILES string of the molecule is C=Cc1cnn2ccc(N3CCCC3)c(F)c12. The average Bonchev–Trinajstić information content (AvgIpc) is 2.97. The van der Waals surface area contributed by atoms with Gasteiger partial charge in [0.1, 0.15) is 5.52 Å². The summed E-state index contributed by atoms with van der Waals surface area (Å²) in [4.78, 5) is 2.09. The van der Waals surface area contributed by atoms with E-state index in [0.717, 1.165) is 31.5 Å². The van der Waals surface area contributed by atoms with E-state index in [2.05, 4.69) is 16.6 Å². The first-order valence-corrected chi connectivity index (χ1v) is 5.84. The van der Waals surface area contributed by atoms with Gasteiger partial charge in [-0.2, -0.15) is 5.10 Å². The molecule has 17 heavy (non-hydrogen) atoms. The van der Waals surface area contributed by atoms with Crippen molar-refractivity contribution in [2.24, 2.45) is 0 Å². The standard InChI is InChI=1S/C13H14FN3/c1-2-10-9-15-17-8-5-11(12(14)13(10)17)16-6-3-4-7-16/h2,5,8-9H,1,3-4,6-7H2. The molecule has 0 saturated carbocycles. The highest BCUT2D eigenvalue weighted by atomic mass is 19.1. The molecule has 2 aromatic rings. The minimum atomic E-state index is -0.193. The Hall–Kier alpha value is -1.84. The summed E-state index contributed by atoms with van der Waals surface area (Å²) in [7, 11) is 0. The molecule has 88 valence electrons. The molecule has 0 atom stereocenters. The number of aromatic nitrogens is 2. The molecule has 0 aromatic carbocycles. The molecule has 0 bridgehead atoms. The second-order valence-corrected chi connectivity index (χ2v) is 4.31. The number of rotatable bonds is 2. The van der Waals surface area contributed by atoms with E-state index in [1.807, 2.05) is 0 Å². The molecule has 0 N–H and O–H groups in total. The lowest BCUT2D eigenvalue weighted by atomic mass is 10.2. The first-order chi connectivity index (χ1) is 8.31. The van der Waals surface area contributed by atoms with Gasteiger partial charge in [-0.25, -0.2) is 8.91 Å². The largest absolute Gasteiger partial charge is 0.369 e. The topological polar surface area (TPSA) is 20.5 Å². The van der Waals surface area contributed by atoms with E-state index in [0.29, 0.717) is 11.2 Å². The fourth-order valence-corrected chi connectivity index (χ4v) is 2.40. The van der Waals surface area contributed by atoms with Crippen LogP contribution in [0, 0.1) is 5.82 Å². The van der Waals surface area contributed by atoms with Gasteiger partial charge in [0, 0.05) is 24.8 Å². The van der Waals surface area contributed by atoms with Crippen molar-refractivity contribution < 1.29 is 4.39 Å². The van der Waals surface area contributed by atoms with Crippen molar-refractivity contribution in [1.82, 2.24) is 9.61 Å². The zero-order valence-corrected chi connectivity index (χ0v) is 9.56. The number of fused-ring (bicyclic) bond motifs is 1. The summed E-state index contributed by atoms with van der Waals surface area (Å²) in [6, 6.07) is 1.80. The van der Waals surface area contributed by atoms with Crippen LogP contribution in [-0.4, -0.2) is 22.7 Å². The monoisotopic (exact) mass is 231 g/mol. The predicted octanol–water partition coefficient (Wildman–Crippen LogP) is 2.72. The maximum absolute atomic E-state index is 14.5. The van der Waals surface area contributed by atoms with Crippen LogP contribution in [-0.2, 0) is 0 Å². The lowest BCUT2D eigenvalue weighted by Crippen LogP contribution is -2.19. The van der Waals surface area contributed by atoms with Crippen LogP contribution in [0.3, 0.4) is 0 Å². The van der Waals surface area contributed by atoms with Crippen LogP contribution in [0.5, 0.6) is 0 Å². The second kappa shape index (κ2) is 3.87. The molecule has 0 amide bonds. The van der Waals surface area contributed by atoms with E-state index in [1.165, 1.54) is 0 Å². The van der Waals surface area contributed by atoms with E-state index >= 15 is 0 Å². The molecule has 0 spiro atoms. The van der Waals surface area contributed by atoms with Crippen LogP contribution in [0.25, 0.3) is 11.6 Å². The van der Waals surface area contributed by atoms with Crippen molar-refractivity contribution in [2.45, 2.75) is 12.8 Å². The average molecular weight is 231 g/mol. The molecule has 0 aliphatic carbocycles. The lowest BCUT2D eigenvalue weighted by molar-refractivity contribution is 0.625. The van der Waals surface area contributed by atoms with Crippen molar-refractivity contribution in [3.05, 3.63) is 36.4 Å². The summed E-state index contributed by atoms with van der Waals surface area (Å²) >= 11 is 0. The quantitative estimate of drug-likeness (QED) is 0.792. The molecule has 0 unspecified atom stereocenters. The molecule has 1 fully saturated rings. The van der Waals surface area contributed by atoms with E-state index < -0.39 is 0 Å². The number of hydrogen-bond acceptors (Lipinski definition) is 2. The van der Waals surface area contributed by atoms with Crippen molar-refractivity contribution in [1.29, 1.82) is 0 Å². The molecule has 3 nitrogen and oxygen atoms in total. The van der Waals surface area contributed by atoms with Crippen LogP contribution >= 0.6 is 0 Å². The van der Waals surface area contributed by atoms with Gasteiger partial charge in [-0.15, -0.1) is 0 Å². The zero-order valence-electron chi connectivity index (χ0n) is 9.56. The van der Waals surface area contributed by atoms with E-state index in [-0.39, 0.29) is 5.82 Å². The molecular weight excluding hydrogens is 217 g/mol. The number of nitrogens with zero attached hydrogens (tertiary/aromatic N) is 3. The Balaban J connectivity index is 2.19. The summed E-state index contributed by atoms with van der Waals surface area (Å²) in [5.74, 6) is -0.193. The zero-order chi connectivity index (χ0) is 11.8. The third kappa shape index (κ3) is 1.52. The Kier molecular flexibility index (Phi) is 2.35. The number of halogens is 1. The maximum atomic E-state index is 14.5. The molecular formula is C13H14FN3. The molecule has 1 aliphatic heterocycles. The Bertz CT molecular complexity index is 567. The van der Waals surface area contributed by atoms with Gasteiger partial charge in [0.15, 0.2) is 5.82 Å². The number of pyridine rings is 1. The summed E-state index contributed by atoms with van der Waals surface area (Å²) in [6.07, 6.45) is 7.35. The smallest absolute Gasteiger partial charge is 0.172 e. The van der Waals surface area contributed by atoms with Gasteiger partial charge in [0.25, 0.3) is 0 Å². The highest BCUT2D eigenvalue weighted by Gasteiger charge is 2.19. The Morgan fingerprint density at radius 2 is 2.12 bits per heavy atom. The molecule has 1 aliphatic rings. The molecule has 4 heteroatoms. The molecule has 0 radical (unpaired) electrons. The molecule has 1 saturated heterocycles. The van der Waals surface area contributed by atoms with Crippen LogP contribution in [0.1, 0.15) is 18.4 Å². The first-order valence-electron chi connectivity index (χ1n) is 5.84. The Morgan fingerprint density at radius 1 is 1.35 bits per heavy atom. The Labute approximate surface area is 99.2 Å². The van der Waals surface area contributed by atoms with Gasteiger partial charge in [0.05, 0.1) is 11.9 Å². The third-order valence-corrected chi connectivity index (χ3v) is 3.30. The van der Waals surface area contributed by atoms with Gasteiger partial charge in [-0.3, -0.25) is 0 Å².